The Bertz CT molecular complexity index is 170. The molecule has 0 spiro atoms. The van der Waals surface area contributed by atoms with E-state index in [1.807, 2.05) is 6.08 Å². The van der Waals surface area contributed by atoms with Crippen molar-refractivity contribution in [1.29, 1.82) is 0 Å². The van der Waals surface area contributed by atoms with Gasteiger partial charge in [-0.25, -0.2) is 0 Å². The van der Waals surface area contributed by atoms with Crippen molar-refractivity contribution in [1.82, 2.24) is 0 Å². The Balaban J connectivity index is 3.81. The summed E-state index contributed by atoms with van der Waals surface area (Å²) in [4.78, 5) is 0. The molecule has 0 aromatic heterocycles. The van der Waals surface area contributed by atoms with E-state index in [1.165, 1.54) is 0 Å². The summed E-state index contributed by atoms with van der Waals surface area (Å²) in [5, 5.41) is 0. The zero-order valence-corrected chi connectivity index (χ0v) is 8.51. The van der Waals surface area contributed by atoms with Crippen molar-refractivity contribution in [2.75, 3.05) is 0 Å². The number of hydrogen-bond donors (Lipinski definition) is 0. The first kappa shape index (κ1) is 11.2. The molecule has 0 saturated heterocycles. The van der Waals surface area contributed by atoms with Gasteiger partial charge in [0.15, 0.2) is 0 Å². The van der Waals surface area contributed by atoms with Gasteiger partial charge < -0.3 is 0 Å². The summed E-state index contributed by atoms with van der Waals surface area (Å²) in [6.45, 7) is 10.2. The summed E-state index contributed by atoms with van der Waals surface area (Å²) in [6, 6.07) is 0. The fourth-order valence-electron chi connectivity index (χ4n) is 1.10. The molecular weight excluding hydrogens is 144 g/mol. The molecule has 12 heavy (non-hydrogen) atoms. The third-order valence-corrected chi connectivity index (χ3v) is 1.73. The Labute approximate surface area is 76.7 Å². The minimum Gasteiger partial charge on any atom is -0.103 e. The van der Waals surface area contributed by atoms with Gasteiger partial charge >= 0.3 is 0 Å². The van der Waals surface area contributed by atoms with E-state index in [1.54, 1.807) is 0 Å². The summed E-state index contributed by atoms with van der Waals surface area (Å²) in [5.41, 5.74) is 0.298. The largest absolute Gasteiger partial charge is 0.103 e. The van der Waals surface area contributed by atoms with Gasteiger partial charge in [-0.2, -0.15) is 0 Å². The Morgan fingerprint density at radius 2 is 1.92 bits per heavy atom. The molecule has 0 aliphatic heterocycles. The molecule has 0 aliphatic carbocycles. The molecule has 0 radical (unpaired) electrons. The molecule has 0 saturated carbocycles. The first-order valence-corrected chi connectivity index (χ1v) is 4.52. The maximum absolute atomic E-state index is 3.67. The predicted octanol–water partition coefficient (Wildman–Crippen LogP) is 4.11. The van der Waals surface area contributed by atoms with E-state index in [0.717, 1.165) is 12.8 Å². The molecule has 0 rings (SSSR count). The van der Waals surface area contributed by atoms with Gasteiger partial charge in [-0.3, -0.25) is 0 Å². The Morgan fingerprint density at radius 1 is 1.25 bits per heavy atom. The van der Waals surface area contributed by atoms with E-state index in [9.17, 15) is 0 Å². The molecule has 0 amide bonds. The van der Waals surface area contributed by atoms with Crippen molar-refractivity contribution in [3.63, 3.8) is 0 Å². The lowest BCUT2D eigenvalue weighted by molar-refractivity contribution is 0.488. The van der Waals surface area contributed by atoms with Crippen molar-refractivity contribution >= 4 is 0 Å². The molecule has 0 aliphatic rings. The maximum atomic E-state index is 3.67. The molecular formula is C12H20. The maximum Gasteiger partial charge on any atom is -0.0140 e. The van der Waals surface area contributed by atoms with Gasteiger partial charge in [0, 0.05) is 0 Å². The molecule has 0 atom stereocenters. The summed E-state index contributed by atoms with van der Waals surface area (Å²) < 4.78 is 0. The minimum absolute atomic E-state index is 0.298. The monoisotopic (exact) mass is 164 g/mol. The molecule has 0 aromatic carbocycles. The van der Waals surface area contributed by atoms with Gasteiger partial charge in [-0.05, 0) is 25.2 Å². The predicted molar refractivity (Wildman–Crippen MR) is 57.2 cm³/mol. The van der Waals surface area contributed by atoms with Crippen molar-refractivity contribution in [2.24, 2.45) is 5.41 Å². The number of allylic oxidation sites excluding steroid dienone is 5. The zero-order chi connectivity index (χ0) is 9.45. The van der Waals surface area contributed by atoms with Crippen LogP contribution in [-0.4, -0.2) is 0 Å². The molecule has 0 heteroatoms. The zero-order valence-electron chi connectivity index (χ0n) is 8.51. The quantitative estimate of drug-likeness (QED) is 0.536. The van der Waals surface area contributed by atoms with E-state index >= 15 is 0 Å². The van der Waals surface area contributed by atoms with Crippen LogP contribution in [0.4, 0.5) is 0 Å². The first-order valence-electron chi connectivity index (χ1n) is 4.52. The standard InChI is InChI=1S/C12H20/c1-5-7-8-9-11-12(3,4)10-6-2/h5-6,8-10H,1,7,11H2,2-4H3. The smallest absolute Gasteiger partial charge is 0.0140 e. The fourth-order valence-corrected chi connectivity index (χ4v) is 1.10. The Hall–Kier alpha value is -0.780. The lowest BCUT2D eigenvalue weighted by Gasteiger charge is -2.16. The summed E-state index contributed by atoms with van der Waals surface area (Å²) in [7, 11) is 0. The van der Waals surface area contributed by atoms with Crippen molar-refractivity contribution in [3.05, 3.63) is 37.0 Å². The topological polar surface area (TPSA) is 0 Å². The highest BCUT2D eigenvalue weighted by Gasteiger charge is 2.09. The summed E-state index contributed by atoms with van der Waals surface area (Å²) >= 11 is 0. The lowest BCUT2D eigenvalue weighted by atomic mass is 9.89. The second-order valence-corrected chi connectivity index (χ2v) is 3.69. The van der Waals surface area contributed by atoms with Crippen LogP contribution < -0.4 is 0 Å². The van der Waals surface area contributed by atoms with Gasteiger partial charge in [0.2, 0.25) is 0 Å². The molecule has 0 nitrogen and oxygen atoms in total. The van der Waals surface area contributed by atoms with E-state index in [4.69, 9.17) is 0 Å². The SMILES string of the molecule is C=CCC=CCC(C)(C)C=CC. The van der Waals surface area contributed by atoms with E-state index < -0.39 is 0 Å². The number of rotatable bonds is 5. The van der Waals surface area contributed by atoms with Crippen LogP contribution in [0.15, 0.2) is 37.0 Å². The Kier molecular flexibility index (Phi) is 5.44. The van der Waals surface area contributed by atoms with Crippen LogP contribution in [0.25, 0.3) is 0 Å². The van der Waals surface area contributed by atoms with Gasteiger partial charge in [0.05, 0.1) is 0 Å². The highest BCUT2D eigenvalue weighted by molar-refractivity contribution is 4.99. The molecule has 0 fully saturated rings. The average Bonchev–Trinajstić information content (AvgIpc) is 1.98. The normalized spacial score (nSPS) is 12.9. The second kappa shape index (κ2) is 5.82. The van der Waals surface area contributed by atoms with Gasteiger partial charge in [0.25, 0.3) is 0 Å². The lowest BCUT2D eigenvalue weighted by Crippen LogP contribution is -2.04. The fraction of sp³-hybridized carbons (Fsp3) is 0.500. The van der Waals surface area contributed by atoms with Crippen molar-refractivity contribution in [3.8, 4) is 0 Å². The highest BCUT2D eigenvalue weighted by Crippen LogP contribution is 2.22. The van der Waals surface area contributed by atoms with Crippen LogP contribution >= 0.6 is 0 Å². The molecule has 0 bridgehead atoms. The minimum atomic E-state index is 0.298. The van der Waals surface area contributed by atoms with Crippen LogP contribution in [-0.2, 0) is 0 Å². The second-order valence-electron chi connectivity index (χ2n) is 3.69. The van der Waals surface area contributed by atoms with E-state index in [2.05, 4.69) is 51.7 Å². The Morgan fingerprint density at radius 3 is 2.42 bits per heavy atom. The van der Waals surface area contributed by atoms with Crippen molar-refractivity contribution < 1.29 is 0 Å². The third kappa shape index (κ3) is 5.96. The van der Waals surface area contributed by atoms with Crippen molar-refractivity contribution in [2.45, 2.75) is 33.6 Å². The third-order valence-electron chi connectivity index (χ3n) is 1.73. The molecule has 0 aromatic rings. The molecule has 0 heterocycles. The summed E-state index contributed by atoms with van der Waals surface area (Å²) in [6.07, 6.45) is 12.7. The molecule has 68 valence electrons. The van der Waals surface area contributed by atoms with E-state index in [-0.39, 0.29) is 0 Å². The van der Waals surface area contributed by atoms with Crippen LogP contribution in [0.2, 0.25) is 0 Å². The number of hydrogen-bond acceptors (Lipinski definition) is 0. The highest BCUT2D eigenvalue weighted by atomic mass is 14.1. The first-order chi connectivity index (χ1) is 5.62. The van der Waals surface area contributed by atoms with Gasteiger partial charge in [-0.15, -0.1) is 6.58 Å². The molecule has 0 unspecified atom stereocenters. The van der Waals surface area contributed by atoms with Crippen LogP contribution in [0.3, 0.4) is 0 Å². The van der Waals surface area contributed by atoms with Gasteiger partial charge in [-0.1, -0.05) is 44.2 Å². The van der Waals surface area contributed by atoms with Crippen LogP contribution in [0.1, 0.15) is 33.6 Å². The van der Waals surface area contributed by atoms with E-state index in [0.29, 0.717) is 5.41 Å². The van der Waals surface area contributed by atoms with Crippen LogP contribution in [0, 0.1) is 5.41 Å². The summed E-state index contributed by atoms with van der Waals surface area (Å²) in [5.74, 6) is 0. The molecule has 0 N–H and O–H groups in total. The van der Waals surface area contributed by atoms with Gasteiger partial charge in [0.1, 0.15) is 0 Å². The van der Waals surface area contributed by atoms with Crippen LogP contribution in [0.5, 0.6) is 0 Å². The average molecular weight is 164 g/mol.